The number of nitrogens with one attached hydrogen (secondary N) is 3. The molecule has 0 unspecified atom stereocenters. The van der Waals surface area contributed by atoms with E-state index in [0.717, 1.165) is 29.7 Å². The number of carbonyl (C=O) groups excluding carboxylic acids is 2. The molecule has 3 aliphatic heterocycles. The summed E-state index contributed by atoms with van der Waals surface area (Å²) in [5.74, 6) is 1.12. The summed E-state index contributed by atoms with van der Waals surface area (Å²) >= 11 is 0. The van der Waals surface area contributed by atoms with Gasteiger partial charge in [0.25, 0.3) is 5.91 Å². The molecule has 2 aromatic rings. The first-order chi connectivity index (χ1) is 17.9. The van der Waals surface area contributed by atoms with E-state index in [2.05, 4.69) is 10.6 Å². The number of guanidine groups is 1. The molecule has 0 bridgehead atoms. The van der Waals surface area contributed by atoms with Crippen molar-refractivity contribution in [3.63, 3.8) is 0 Å². The van der Waals surface area contributed by atoms with Gasteiger partial charge >= 0.3 is 0 Å². The Labute approximate surface area is 217 Å². The van der Waals surface area contributed by atoms with Gasteiger partial charge in [0.15, 0.2) is 5.96 Å². The second-order valence-electron chi connectivity index (χ2n) is 9.88. The first-order valence-electron chi connectivity index (χ1n) is 12.9. The fourth-order valence-corrected chi connectivity index (χ4v) is 5.58. The molecule has 0 spiro atoms. The number of fused-ring (bicyclic) bond motifs is 2. The lowest BCUT2D eigenvalue weighted by Crippen LogP contribution is -2.62. The minimum Gasteiger partial charge on any atom is -0.493 e. The van der Waals surface area contributed by atoms with Gasteiger partial charge in [-0.2, -0.15) is 0 Å². The van der Waals surface area contributed by atoms with E-state index in [1.54, 1.807) is 25.3 Å². The third kappa shape index (κ3) is 4.52. The summed E-state index contributed by atoms with van der Waals surface area (Å²) in [7, 11) is 1.60. The molecule has 3 aliphatic rings. The van der Waals surface area contributed by atoms with Crippen molar-refractivity contribution in [3.05, 3.63) is 59.2 Å². The number of carbonyl (C=O) groups is 2. The maximum absolute atomic E-state index is 13.5. The molecule has 9 heteroatoms. The third-order valence-corrected chi connectivity index (χ3v) is 7.95. The van der Waals surface area contributed by atoms with E-state index in [4.69, 9.17) is 19.6 Å². The smallest absolute Gasteiger partial charge is 0.251 e. The molecule has 5 rings (SSSR count). The van der Waals surface area contributed by atoms with Crippen LogP contribution in [-0.4, -0.2) is 54.6 Å². The summed E-state index contributed by atoms with van der Waals surface area (Å²) in [5.41, 5.74) is 1.66. The van der Waals surface area contributed by atoms with Crippen LogP contribution in [0.4, 0.5) is 0 Å². The Hall–Kier alpha value is -3.59. The van der Waals surface area contributed by atoms with Crippen molar-refractivity contribution < 1.29 is 23.8 Å². The van der Waals surface area contributed by atoms with Crippen LogP contribution in [0.3, 0.4) is 0 Å². The Balaban J connectivity index is 1.42. The van der Waals surface area contributed by atoms with Gasteiger partial charge in [-0.25, -0.2) is 0 Å². The molecule has 0 aliphatic carbocycles. The Bertz CT molecular complexity index is 1190. The molecule has 0 radical (unpaired) electrons. The minimum atomic E-state index is -0.391. The molecular formula is C28H34N4O5. The van der Waals surface area contributed by atoms with Crippen LogP contribution in [0, 0.1) is 5.41 Å². The molecule has 1 fully saturated rings. The quantitative estimate of drug-likeness (QED) is 0.551. The highest BCUT2D eigenvalue weighted by molar-refractivity contribution is 6.00. The van der Waals surface area contributed by atoms with Gasteiger partial charge in [-0.1, -0.05) is 32.0 Å². The zero-order valence-electron chi connectivity index (χ0n) is 21.5. The molecule has 37 heavy (non-hydrogen) atoms. The molecule has 2 amide bonds. The van der Waals surface area contributed by atoms with Crippen molar-refractivity contribution in [2.45, 2.75) is 63.3 Å². The molecule has 3 N–H and O–H groups in total. The number of rotatable bonds is 6. The summed E-state index contributed by atoms with van der Waals surface area (Å²) in [6.45, 7) is 4.84. The van der Waals surface area contributed by atoms with Crippen molar-refractivity contribution in [2.24, 2.45) is 0 Å². The second kappa shape index (κ2) is 10.0. The van der Waals surface area contributed by atoms with E-state index in [0.29, 0.717) is 37.4 Å². The number of hydrogen-bond acceptors (Lipinski definition) is 6. The lowest BCUT2D eigenvalue weighted by atomic mass is 9.85. The van der Waals surface area contributed by atoms with Gasteiger partial charge in [-0.15, -0.1) is 0 Å². The minimum absolute atomic E-state index is 0.0816. The summed E-state index contributed by atoms with van der Waals surface area (Å²) < 4.78 is 17.3. The first kappa shape index (κ1) is 25.1. The van der Waals surface area contributed by atoms with Crippen LogP contribution in [-0.2, 0) is 9.53 Å². The second-order valence-corrected chi connectivity index (χ2v) is 9.88. The Morgan fingerprint density at radius 2 is 1.92 bits per heavy atom. The molecule has 2 aromatic carbocycles. The lowest BCUT2D eigenvalue weighted by Gasteiger charge is -2.45. The number of para-hydroxylation sites is 1. The number of methoxy groups -OCH3 is 1. The average Bonchev–Trinajstić information content (AvgIpc) is 2.92. The topological polar surface area (TPSA) is 113 Å². The van der Waals surface area contributed by atoms with Crippen LogP contribution in [0.5, 0.6) is 11.5 Å². The van der Waals surface area contributed by atoms with Gasteiger partial charge < -0.3 is 24.8 Å². The summed E-state index contributed by atoms with van der Waals surface area (Å²) in [5, 5.41) is 15.1. The third-order valence-electron chi connectivity index (χ3n) is 7.95. The van der Waals surface area contributed by atoms with Crippen LogP contribution in [0.15, 0.2) is 42.5 Å². The molecule has 9 nitrogen and oxygen atoms in total. The van der Waals surface area contributed by atoms with Gasteiger partial charge in [0.05, 0.1) is 25.1 Å². The van der Waals surface area contributed by atoms with Crippen LogP contribution in [0.2, 0.25) is 0 Å². The largest absolute Gasteiger partial charge is 0.493 e. The fraction of sp³-hybridized carbons (Fsp3) is 0.464. The Morgan fingerprint density at radius 3 is 2.65 bits per heavy atom. The predicted molar refractivity (Wildman–Crippen MR) is 138 cm³/mol. The first-order valence-corrected chi connectivity index (χ1v) is 12.9. The van der Waals surface area contributed by atoms with Gasteiger partial charge in [0, 0.05) is 35.8 Å². The van der Waals surface area contributed by atoms with E-state index in [9.17, 15) is 9.59 Å². The predicted octanol–water partition coefficient (Wildman–Crippen LogP) is 3.70. The van der Waals surface area contributed by atoms with Crippen molar-refractivity contribution in [1.82, 2.24) is 15.5 Å². The Morgan fingerprint density at radius 1 is 1.16 bits per heavy atom. The van der Waals surface area contributed by atoms with Gasteiger partial charge in [-0.3, -0.25) is 19.9 Å². The average molecular weight is 507 g/mol. The molecule has 1 saturated heterocycles. The number of ether oxygens (including phenoxy) is 3. The van der Waals surface area contributed by atoms with Crippen LogP contribution in [0.25, 0.3) is 0 Å². The highest BCUT2D eigenvalue weighted by Gasteiger charge is 2.43. The maximum Gasteiger partial charge on any atom is 0.251 e. The number of amides is 2. The Kier molecular flexibility index (Phi) is 6.81. The van der Waals surface area contributed by atoms with Crippen molar-refractivity contribution in [1.29, 1.82) is 5.41 Å². The molecular weight excluding hydrogens is 472 g/mol. The highest BCUT2D eigenvalue weighted by Crippen LogP contribution is 2.40. The summed E-state index contributed by atoms with van der Waals surface area (Å²) in [6.07, 6.45) is 2.06. The van der Waals surface area contributed by atoms with E-state index in [1.165, 1.54) is 4.90 Å². The van der Waals surface area contributed by atoms with E-state index >= 15 is 0 Å². The van der Waals surface area contributed by atoms with Crippen LogP contribution >= 0.6 is 0 Å². The number of hydrogen-bond donors (Lipinski definition) is 3. The summed E-state index contributed by atoms with van der Waals surface area (Å²) in [4.78, 5) is 28.3. The SMILES string of the molecule is CCC1(CC)CC(=O)N([C@@H]2CCOc3ccc(C(=O)N[C@@H]4c5ccccc5OC[C@H]4OC)cc32)C(=N)N1. The highest BCUT2D eigenvalue weighted by atomic mass is 16.5. The molecule has 3 atom stereocenters. The lowest BCUT2D eigenvalue weighted by molar-refractivity contribution is -0.133. The van der Waals surface area contributed by atoms with E-state index in [1.807, 2.05) is 38.1 Å². The monoisotopic (exact) mass is 506 g/mol. The van der Waals surface area contributed by atoms with E-state index < -0.39 is 5.54 Å². The summed E-state index contributed by atoms with van der Waals surface area (Å²) in [6, 6.07) is 12.1. The maximum atomic E-state index is 13.5. The van der Waals surface area contributed by atoms with Crippen LogP contribution in [0.1, 0.15) is 73.1 Å². The number of nitrogens with zero attached hydrogens (tertiary/aromatic N) is 1. The normalized spacial score (nSPS) is 24.2. The van der Waals surface area contributed by atoms with Gasteiger partial charge in [0.2, 0.25) is 5.91 Å². The zero-order valence-corrected chi connectivity index (χ0v) is 21.5. The molecule has 3 heterocycles. The van der Waals surface area contributed by atoms with Crippen molar-refractivity contribution >= 4 is 17.8 Å². The molecule has 196 valence electrons. The van der Waals surface area contributed by atoms with Crippen LogP contribution < -0.4 is 20.1 Å². The molecule has 0 aromatic heterocycles. The van der Waals surface area contributed by atoms with Crippen molar-refractivity contribution in [2.75, 3.05) is 20.3 Å². The molecule has 0 saturated carbocycles. The standard InChI is InChI=1S/C28H34N4O5/c1-4-28(5-2)15-24(33)32(27(29)31-28)20-12-13-36-22-11-10-17(14-19(20)22)26(34)30-25-18-8-6-7-9-21(18)37-16-23(25)35-3/h6-11,14,20,23,25H,4-5,12-13,15-16H2,1-3H3,(H2,29,31)(H,30,34)/t20-,23-,25-/m1/s1. The van der Waals surface area contributed by atoms with Gasteiger partial charge in [-0.05, 0) is 37.1 Å². The zero-order chi connectivity index (χ0) is 26.2. The van der Waals surface area contributed by atoms with Gasteiger partial charge in [0.1, 0.15) is 24.2 Å². The fourth-order valence-electron chi connectivity index (χ4n) is 5.58. The van der Waals surface area contributed by atoms with Crippen molar-refractivity contribution in [3.8, 4) is 11.5 Å². The van der Waals surface area contributed by atoms with E-state index in [-0.39, 0.29) is 36.0 Å². The number of benzene rings is 2.